The first-order valence-electron chi connectivity index (χ1n) is 6.61. The van der Waals surface area contributed by atoms with E-state index in [2.05, 4.69) is 16.9 Å². The third kappa shape index (κ3) is 2.29. The molecule has 108 valence electrons. The van der Waals surface area contributed by atoms with Crippen molar-refractivity contribution in [3.63, 3.8) is 0 Å². The van der Waals surface area contributed by atoms with Crippen molar-refractivity contribution < 1.29 is 13.9 Å². The molecule has 2 aromatic heterocycles. The molecule has 0 aliphatic carbocycles. The number of H-pyrrole nitrogens is 1. The van der Waals surface area contributed by atoms with E-state index in [0.29, 0.717) is 29.0 Å². The summed E-state index contributed by atoms with van der Waals surface area (Å²) in [6.45, 7) is 4.23. The molecule has 0 bridgehead atoms. The van der Waals surface area contributed by atoms with Gasteiger partial charge >= 0.3 is 0 Å². The normalized spacial score (nSPS) is 17.2. The minimum atomic E-state index is -0.633. The maximum Gasteiger partial charge on any atom is 0.253 e. The van der Waals surface area contributed by atoms with Crippen molar-refractivity contribution in [3.05, 3.63) is 59.5 Å². The summed E-state index contributed by atoms with van der Waals surface area (Å²) < 4.78 is 14.3. The van der Waals surface area contributed by atoms with Gasteiger partial charge in [0.15, 0.2) is 12.0 Å². The number of pyridine rings is 1. The maximum atomic E-state index is 13.9. The fourth-order valence-corrected chi connectivity index (χ4v) is 2.61. The first-order chi connectivity index (χ1) is 10.1. The SMILES string of the molecule is C=CCC1CNC(=O)c2cc(-c3cc[n+]([O-])cc3F)[nH]c21. The van der Waals surface area contributed by atoms with Crippen LogP contribution in [0.1, 0.15) is 28.4 Å². The average Bonchev–Trinajstić information content (AvgIpc) is 2.88. The van der Waals surface area contributed by atoms with Gasteiger partial charge < -0.3 is 15.5 Å². The number of aromatic nitrogens is 2. The first-order valence-corrected chi connectivity index (χ1v) is 6.61. The third-order valence-electron chi connectivity index (χ3n) is 3.64. The Balaban J connectivity index is 2.08. The Kier molecular flexibility index (Phi) is 3.21. The predicted octanol–water partition coefficient (Wildman–Crippen LogP) is 1.86. The second-order valence-electron chi connectivity index (χ2n) is 5.01. The molecule has 1 aliphatic heterocycles. The Morgan fingerprint density at radius 3 is 3.05 bits per heavy atom. The van der Waals surface area contributed by atoms with Crippen LogP contribution in [0.4, 0.5) is 4.39 Å². The lowest BCUT2D eigenvalue weighted by atomic mass is 9.94. The number of nitrogens with one attached hydrogen (secondary N) is 2. The van der Waals surface area contributed by atoms with Crippen LogP contribution in [0.15, 0.2) is 37.2 Å². The number of rotatable bonds is 3. The average molecular weight is 287 g/mol. The van der Waals surface area contributed by atoms with E-state index in [4.69, 9.17) is 0 Å². The highest BCUT2D eigenvalue weighted by Crippen LogP contribution is 2.31. The lowest BCUT2D eigenvalue weighted by Crippen LogP contribution is -2.34. The molecular weight excluding hydrogens is 273 g/mol. The van der Waals surface area contributed by atoms with Gasteiger partial charge in [-0.25, -0.2) is 0 Å². The maximum absolute atomic E-state index is 13.9. The molecule has 0 aromatic carbocycles. The molecule has 1 atom stereocenters. The van der Waals surface area contributed by atoms with Crippen LogP contribution in [0.3, 0.4) is 0 Å². The Hall–Kier alpha value is -2.63. The summed E-state index contributed by atoms with van der Waals surface area (Å²) in [5.74, 6) is -0.713. The highest BCUT2D eigenvalue weighted by atomic mass is 19.1. The number of carbonyl (C=O) groups is 1. The van der Waals surface area contributed by atoms with Gasteiger partial charge in [0, 0.05) is 35.5 Å². The number of fused-ring (bicyclic) bond motifs is 1. The number of amides is 1. The van der Waals surface area contributed by atoms with Gasteiger partial charge in [-0.2, -0.15) is 9.12 Å². The monoisotopic (exact) mass is 287 g/mol. The van der Waals surface area contributed by atoms with Gasteiger partial charge in [-0.1, -0.05) is 6.08 Å². The summed E-state index contributed by atoms with van der Waals surface area (Å²) in [7, 11) is 0. The van der Waals surface area contributed by atoms with Crippen LogP contribution < -0.4 is 10.0 Å². The molecule has 1 aliphatic rings. The van der Waals surface area contributed by atoms with Crippen molar-refractivity contribution in [1.82, 2.24) is 10.3 Å². The van der Waals surface area contributed by atoms with Gasteiger partial charge in [-0.05, 0) is 12.5 Å². The molecule has 0 saturated heterocycles. The summed E-state index contributed by atoms with van der Waals surface area (Å²) in [5, 5.41) is 13.9. The van der Waals surface area contributed by atoms with Gasteiger partial charge in [-0.15, -0.1) is 6.58 Å². The van der Waals surface area contributed by atoms with Crippen molar-refractivity contribution in [3.8, 4) is 11.3 Å². The van der Waals surface area contributed by atoms with E-state index >= 15 is 0 Å². The van der Waals surface area contributed by atoms with Crippen molar-refractivity contribution in [2.45, 2.75) is 12.3 Å². The minimum Gasteiger partial charge on any atom is -0.619 e. The fourth-order valence-electron chi connectivity index (χ4n) is 2.61. The smallest absolute Gasteiger partial charge is 0.253 e. The molecule has 3 rings (SSSR count). The molecule has 21 heavy (non-hydrogen) atoms. The van der Waals surface area contributed by atoms with Crippen molar-refractivity contribution in [1.29, 1.82) is 0 Å². The molecule has 2 aromatic rings. The molecule has 1 amide bonds. The highest BCUT2D eigenvalue weighted by Gasteiger charge is 2.27. The zero-order valence-electron chi connectivity index (χ0n) is 11.2. The van der Waals surface area contributed by atoms with E-state index < -0.39 is 5.82 Å². The van der Waals surface area contributed by atoms with E-state index in [0.717, 1.165) is 11.9 Å². The minimum absolute atomic E-state index is 0.0974. The molecule has 0 saturated carbocycles. The van der Waals surface area contributed by atoms with Gasteiger partial charge in [0.05, 0.1) is 5.56 Å². The molecular formula is C15H14FN3O2. The molecule has 0 spiro atoms. The molecule has 0 fully saturated rings. The van der Waals surface area contributed by atoms with Crippen LogP contribution in [0.2, 0.25) is 0 Å². The van der Waals surface area contributed by atoms with Crippen LogP contribution in [0.5, 0.6) is 0 Å². The Morgan fingerprint density at radius 2 is 2.33 bits per heavy atom. The van der Waals surface area contributed by atoms with Crippen LogP contribution >= 0.6 is 0 Å². The molecule has 3 heterocycles. The van der Waals surface area contributed by atoms with Crippen LogP contribution in [-0.4, -0.2) is 17.4 Å². The Labute approximate surface area is 120 Å². The Morgan fingerprint density at radius 1 is 1.52 bits per heavy atom. The van der Waals surface area contributed by atoms with Crippen LogP contribution in [-0.2, 0) is 0 Å². The summed E-state index contributed by atoms with van der Waals surface area (Å²) >= 11 is 0. The lowest BCUT2D eigenvalue weighted by molar-refractivity contribution is -0.607. The second-order valence-corrected chi connectivity index (χ2v) is 5.01. The number of carbonyl (C=O) groups excluding carboxylic acids is 1. The van der Waals surface area contributed by atoms with E-state index in [1.54, 1.807) is 12.1 Å². The number of allylic oxidation sites excluding steroid dienone is 1. The topological polar surface area (TPSA) is 71.8 Å². The second kappa shape index (κ2) is 5.05. The van der Waals surface area contributed by atoms with Gasteiger partial charge in [0.25, 0.3) is 5.91 Å². The summed E-state index contributed by atoms with van der Waals surface area (Å²) in [6, 6.07) is 3.01. The largest absolute Gasteiger partial charge is 0.619 e. The molecule has 1 unspecified atom stereocenters. The number of hydrogen-bond donors (Lipinski definition) is 2. The predicted molar refractivity (Wildman–Crippen MR) is 75.0 cm³/mol. The van der Waals surface area contributed by atoms with E-state index in [9.17, 15) is 14.4 Å². The summed E-state index contributed by atoms with van der Waals surface area (Å²) in [6.07, 6.45) is 4.58. The Bertz CT molecular complexity index is 724. The number of nitrogens with zero attached hydrogens (tertiary/aromatic N) is 1. The van der Waals surface area contributed by atoms with Crippen molar-refractivity contribution in [2.75, 3.05) is 6.54 Å². The van der Waals surface area contributed by atoms with Crippen LogP contribution in [0.25, 0.3) is 11.3 Å². The molecule has 6 heteroatoms. The highest BCUT2D eigenvalue weighted by molar-refractivity contribution is 5.98. The number of hydrogen-bond acceptors (Lipinski definition) is 2. The van der Waals surface area contributed by atoms with E-state index in [1.807, 2.05) is 0 Å². The standard InChI is InChI=1S/C15H14FN3O2/c1-2-3-9-7-17-15(20)11-6-13(18-14(9)11)10-4-5-19(21)8-12(10)16/h2,4-6,8-9,18H,1,3,7H2,(H,17,20). The van der Waals surface area contributed by atoms with Crippen molar-refractivity contribution in [2.24, 2.45) is 0 Å². The van der Waals surface area contributed by atoms with E-state index in [-0.39, 0.29) is 17.4 Å². The lowest BCUT2D eigenvalue weighted by Gasteiger charge is -2.21. The third-order valence-corrected chi connectivity index (χ3v) is 3.64. The zero-order valence-corrected chi connectivity index (χ0v) is 11.2. The van der Waals surface area contributed by atoms with Gasteiger partial charge in [0.2, 0.25) is 6.20 Å². The molecule has 5 nitrogen and oxygen atoms in total. The van der Waals surface area contributed by atoms with Gasteiger partial charge in [-0.3, -0.25) is 4.79 Å². The zero-order chi connectivity index (χ0) is 15.0. The number of halogens is 1. The first kappa shape index (κ1) is 13.4. The summed E-state index contributed by atoms with van der Waals surface area (Å²) in [4.78, 5) is 15.0. The van der Waals surface area contributed by atoms with Crippen LogP contribution in [0, 0.1) is 11.0 Å². The van der Waals surface area contributed by atoms with E-state index in [1.165, 1.54) is 12.3 Å². The molecule has 2 N–H and O–H groups in total. The number of aromatic amines is 1. The van der Waals surface area contributed by atoms with Gasteiger partial charge in [0.1, 0.15) is 0 Å². The summed E-state index contributed by atoms with van der Waals surface area (Å²) in [5.41, 5.74) is 2.05. The quantitative estimate of drug-likeness (QED) is 0.514. The fraction of sp³-hybridized carbons (Fsp3) is 0.200. The molecule has 0 radical (unpaired) electrons. The van der Waals surface area contributed by atoms with Crippen molar-refractivity contribution >= 4 is 5.91 Å².